The van der Waals surface area contributed by atoms with Crippen LogP contribution in [0.15, 0.2) is 51.4 Å². The molecule has 0 unspecified atom stereocenters. The third-order valence-electron chi connectivity index (χ3n) is 3.41. The van der Waals surface area contributed by atoms with Gasteiger partial charge >= 0.3 is 0 Å². The molecule has 0 aliphatic carbocycles. The number of hydrogen-bond donors (Lipinski definition) is 1. The maximum Gasteiger partial charge on any atom is 0.206 e. The minimum Gasteiger partial charge on any atom is -0.467 e. The summed E-state index contributed by atoms with van der Waals surface area (Å²) in [6.07, 6.45) is 2.61. The summed E-state index contributed by atoms with van der Waals surface area (Å²) < 4.78 is 6.02. The lowest BCUT2D eigenvalue weighted by molar-refractivity contribution is 0.102. The first kappa shape index (κ1) is 16.7. The number of carbonyl (C=O) groups is 1. The Morgan fingerprint density at radius 2 is 2.08 bits per heavy atom. The van der Waals surface area contributed by atoms with Crippen LogP contribution in [0.4, 0.5) is 5.13 Å². The molecule has 0 aliphatic heterocycles. The van der Waals surface area contributed by atoms with Crippen LogP contribution >= 0.6 is 23.1 Å². The maximum absolute atomic E-state index is 12.2. The second kappa shape index (κ2) is 8.12. The van der Waals surface area contributed by atoms with E-state index in [2.05, 4.69) is 22.4 Å². The van der Waals surface area contributed by atoms with Gasteiger partial charge in [0, 0.05) is 5.56 Å². The number of aromatic nitrogens is 2. The monoisotopic (exact) mass is 359 g/mol. The number of nitrogens with one attached hydrogen (secondary N) is 1. The normalized spacial score (nSPS) is 10.7. The van der Waals surface area contributed by atoms with E-state index in [0.717, 1.165) is 22.1 Å². The average molecular weight is 359 g/mol. The molecule has 3 aromatic rings. The van der Waals surface area contributed by atoms with Crippen LogP contribution in [-0.4, -0.2) is 21.7 Å². The molecule has 7 heteroatoms. The number of thioether (sulfide) groups is 1. The Morgan fingerprint density at radius 3 is 2.79 bits per heavy atom. The number of Topliss-reactive ketones (excluding diaryl/α,β-unsaturated/α-hetero) is 1. The van der Waals surface area contributed by atoms with Crippen LogP contribution in [0.1, 0.15) is 28.6 Å². The second-order valence-electron chi connectivity index (χ2n) is 5.07. The van der Waals surface area contributed by atoms with E-state index in [4.69, 9.17) is 4.42 Å². The van der Waals surface area contributed by atoms with Crippen molar-refractivity contribution in [3.8, 4) is 0 Å². The van der Waals surface area contributed by atoms with E-state index in [1.54, 1.807) is 6.26 Å². The van der Waals surface area contributed by atoms with Crippen molar-refractivity contribution in [2.75, 3.05) is 11.1 Å². The molecule has 3 rings (SSSR count). The fraction of sp³-hybridized carbons (Fsp3) is 0.235. The van der Waals surface area contributed by atoms with Crippen LogP contribution in [0, 0.1) is 0 Å². The largest absolute Gasteiger partial charge is 0.467 e. The van der Waals surface area contributed by atoms with Crippen molar-refractivity contribution in [2.45, 2.75) is 24.2 Å². The van der Waals surface area contributed by atoms with E-state index in [1.165, 1.54) is 28.7 Å². The number of ketones is 1. The number of anilines is 1. The van der Waals surface area contributed by atoms with Crippen LogP contribution in [0.2, 0.25) is 0 Å². The number of benzene rings is 1. The molecule has 0 amide bonds. The lowest BCUT2D eigenvalue weighted by Crippen LogP contribution is -2.02. The van der Waals surface area contributed by atoms with Gasteiger partial charge in [0.2, 0.25) is 5.13 Å². The first-order valence-electron chi connectivity index (χ1n) is 7.59. The minimum absolute atomic E-state index is 0.1000. The van der Waals surface area contributed by atoms with Gasteiger partial charge in [-0.15, -0.1) is 10.2 Å². The Kier molecular flexibility index (Phi) is 5.66. The number of nitrogens with zero attached hydrogens (tertiary/aromatic N) is 2. The van der Waals surface area contributed by atoms with Gasteiger partial charge in [0.1, 0.15) is 5.76 Å². The van der Waals surface area contributed by atoms with Crippen LogP contribution < -0.4 is 5.32 Å². The van der Waals surface area contributed by atoms with Gasteiger partial charge in [-0.3, -0.25) is 4.79 Å². The Labute approximate surface area is 148 Å². The van der Waals surface area contributed by atoms with Gasteiger partial charge in [-0.2, -0.15) is 0 Å². The number of carbonyl (C=O) groups excluding carboxylic acids is 1. The highest BCUT2D eigenvalue weighted by atomic mass is 32.2. The molecule has 0 spiro atoms. The van der Waals surface area contributed by atoms with E-state index in [1.807, 2.05) is 36.4 Å². The first-order valence-corrected chi connectivity index (χ1v) is 9.39. The van der Waals surface area contributed by atoms with Gasteiger partial charge in [0.15, 0.2) is 10.1 Å². The van der Waals surface area contributed by atoms with Crippen molar-refractivity contribution in [3.05, 3.63) is 59.5 Å². The van der Waals surface area contributed by atoms with Gasteiger partial charge in [-0.25, -0.2) is 0 Å². The quantitative estimate of drug-likeness (QED) is 0.478. The molecule has 5 nitrogen and oxygen atoms in total. The highest BCUT2D eigenvalue weighted by Crippen LogP contribution is 2.26. The SMILES string of the molecule is CCc1ccc(C(=O)CSc2nnc(NCc3ccco3)s2)cc1. The Hall–Kier alpha value is -2.12. The number of rotatable bonds is 8. The molecule has 2 aromatic heterocycles. The predicted octanol–water partition coefficient (Wildman–Crippen LogP) is 4.28. The Balaban J connectivity index is 1.50. The van der Waals surface area contributed by atoms with E-state index in [9.17, 15) is 4.79 Å². The number of furan rings is 1. The summed E-state index contributed by atoms with van der Waals surface area (Å²) in [5.74, 6) is 1.30. The number of hydrogen-bond acceptors (Lipinski definition) is 7. The summed E-state index contributed by atoms with van der Waals surface area (Å²) in [4.78, 5) is 12.2. The zero-order valence-electron chi connectivity index (χ0n) is 13.2. The zero-order chi connectivity index (χ0) is 16.8. The fourth-order valence-electron chi connectivity index (χ4n) is 2.05. The summed E-state index contributed by atoms with van der Waals surface area (Å²) >= 11 is 2.84. The molecule has 2 heterocycles. The molecule has 0 saturated heterocycles. The molecule has 0 atom stereocenters. The summed E-state index contributed by atoms with van der Waals surface area (Å²) in [6, 6.07) is 11.5. The molecule has 24 heavy (non-hydrogen) atoms. The summed E-state index contributed by atoms with van der Waals surface area (Å²) in [5, 5.41) is 12.0. The van der Waals surface area contributed by atoms with Crippen molar-refractivity contribution >= 4 is 34.0 Å². The second-order valence-corrected chi connectivity index (χ2v) is 7.27. The van der Waals surface area contributed by atoms with Crippen LogP contribution in [-0.2, 0) is 13.0 Å². The highest BCUT2D eigenvalue weighted by Gasteiger charge is 2.10. The highest BCUT2D eigenvalue weighted by molar-refractivity contribution is 8.01. The van der Waals surface area contributed by atoms with E-state index in [0.29, 0.717) is 17.4 Å². The third kappa shape index (κ3) is 4.46. The maximum atomic E-state index is 12.2. The lowest BCUT2D eigenvalue weighted by atomic mass is 10.1. The van der Waals surface area contributed by atoms with E-state index >= 15 is 0 Å². The Morgan fingerprint density at radius 1 is 1.25 bits per heavy atom. The van der Waals surface area contributed by atoms with Crippen molar-refractivity contribution in [1.29, 1.82) is 0 Å². The van der Waals surface area contributed by atoms with Crippen molar-refractivity contribution in [3.63, 3.8) is 0 Å². The average Bonchev–Trinajstić information content (AvgIpc) is 3.29. The molecule has 0 aliphatic rings. The van der Waals surface area contributed by atoms with Crippen LogP contribution in [0.3, 0.4) is 0 Å². The molecular formula is C17H17N3O2S2. The molecule has 0 saturated carbocycles. The van der Waals surface area contributed by atoms with Gasteiger partial charge < -0.3 is 9.73 Å². The molecule has 0 bridgehead atoms. The molecule has 124 valence electrons. The van der Waals surface area contributed by atoms with Gasteiger partial charge in [0.05, 0.1) is 18.6 Å². The lowest BCUT2D eigenvalue weighted by Gasteiger charge is -2.01. The Bertz CT molecular complexity index is 783. The van der Waals surface area contributed by atoms with E-state index in [-0.39, 0.29) is 5.78 Å². The summed E-state index contributed by atoms with van der Waals surface area (Å²) in [5.41, 5.74) is 1.97. The first-order chi connectivity index (χ1) is 11.7. The van der Waals surface area contributed by atoms with Gasteiger partial charge in [-0.05, 0) is 24.1 Å². The van der Waals surface area contributed by atoms with Crippen molar-refractivity contribution < 1.29 is 9.21 Å². The molecule has 1 aromatic carbocycles. The fourth-order valence-corrected chi connectivity index (χ4v) is 3.69. The van der Waals surface area contributed by atoms with Gasteiger partial charge in [-0.1, -0.05) is 54.3 Å². The standard InChI is InChI=1S/C17H17N3O2S2/c1-2-12-5-7-13(8-6-12)15(21)11-23-17-20-19-16(24-17)18-10-14-4-3-9-22-14/h3-9H,2,10-11H2,1H3,(H,18,19). The van der Waals surface area contributed by atoms with E-state index < -0.39 is 0 Å². The molecule has 0 fully saturated rings. The van der Waals surface area contributed by atoms with Crippen molar-refractivity contribution in [1.82, 2.24) is 10.2 Å². The summed E-state index contributed by atoms with van der Waals surface area (Å²) in [7, 11) is 0. The zero-order valence-corrected chi connectivity index (χ0v) is 14.8. The van der Waals surface area contributed by atoms with Crippen LogP contribution in [0.25, 0.3) is 0 Å². The predicted molar refractivity (Wildman–Crippen MR) is 96.8 cm³/mol. The third-order valence-corrected chi connectivity index (χ3v) is 5.43. The van der Waals surface area contributed by atoms with Crippen LogP contribution in [0.5, 0.6) is 0 Å². The molecule has 1 N–H and O–H groups in total. The minimum atomic E-state index is 0.1000. The molecular weight excluding hydrogens is 342 g/mol. The van der Waals surface area contributed by atoms with Crippen molar-refractivity contribution in [2.24, 2.45) is 0 Å². The van der Waals surface area contributed by atoms with Gasteiger partial charge in [0.25, 0.3) is 0 Å². The summed E-state index contributed by atoms with van der Waals surface area (Å²) in [6.45, 7) is 2.66. The smallest absolute Gasteiger partial charge is 0.206 e. The molecule has 0 radical (unpaired) electrons. The number of aryl methyl sites for hydroxylation is 1. The topological polar surface area (TPSA) is 68.0 Å².